The molecule has 0 unspecified atom stereocenters. The van der Waals surface area contributed by atoms with Gasteiger partial charge in [0, 0.05) is 18.4 Å². The van der Waals surface area contributed by atoms with Crippen LogP contribution in [0.2, 0.25) is 0 Å². The number of hydrogen-bond acceptors (Lipinski definition) is 4. The third kappa shape index (κ3) is 4.96. The molecule has 1 amide bonds. The number of carboxylic acids is 1. The molecule has 0 aromatic heterocycles. The Bertz CT molecular complexity index is 551. The molecule has 1 aliphatic heterocycles. The van der Waals surface area contributed by atoms with Gasteiger partial charge in [0.2, 0.25) is 0 Å². The fourth-order valence-electron chi connectivity index (χ4n) is 2.58. The zero-order valence-corrected chi connectivity index (χ0v) is 14.2. The van der Waals surface area contributed by atoms with E-state index in [1.54, 1.807) is 24.3 Å². The zero-order chi connectivity index (χ0) is 17.5. The van der Waals surface area contributed by atoms with Crippen LogP contribution in [0.4, 0.5) is 0 Å². The van der Waals surface area contributed by atoms with Crippen molar-refractivity contribution in [2.24, 2.45) is 5.92 Å². The van der Waals surface area contributed by atoms with E-state index in [9.17, 15) is 14.7 Å². The maximum Gasteiger partial charge on any atom is 0.326 e. The quantitative estimate of drug-likeness (QED) is 0.799. The fraction of sp³-hybridized carbons (Fsp3) is 0.556. The first kappa shape index (κ1) is 18.3. The van der Waals surface area contributed by atoms with E-state index in [4.69, 9.17) is 9.47 Å². The largest absolute Gasteiger partial charge is 0.490 e. The predicted molar refractivity (Wildman–Crippen MR) is 89.3 cm³/mol. The standard InChI is InChI=1S/C18H25NO5/c1-3-12(2)16(18(21)22)19-17(20)13-4-6-14(7-5-13)24-15-8-10-23-11-9-15/h4-7,12,15-16H,3,8-11H2,1-2H3,(H,19,20)(H,21,22)/t12-,16-/m0/s1. The number of amides is 1. The lowest BCUT2D eigenvalue weighted by atomic mass is 9.99. The van der Waals surface area contributed by atoms with Crippen molar-refractivity contribution in [1.82, 2.24) is 5.32 Å². The van der Waals surface area contributed by atoms with Gasteiger partial charge in [0.1, 0.15) is 17.9 Å². The average Bonchev–Trinajstić information content (AvgIpc) is 2.60. The summed E-state index contributed by atoms with van der Waals surface area (Å²) in [4.78, 5) is 23.5. The fourth-order valence-corrected chi connectivity index (χ4v) is 2.58. The molecule has 2 atom stereocenters. The molecule has 24 heavy (non-hydrogen) atoms. The van der Waals surface area contributed by atoms with Gasteiger partial charge in [-0.15, -0.1) is 0 Å². The minimum atomic E-state index is -1.02. The molecule has 1 aromatic carbocycles. The molecule has 1 fully saturated rings. The van der Waals surface area contributed by atoms with Gasteiger partial charge in [0.25, 0.3) is 5.91 Å². The van der Waals surface area contributed by atoms with Gasteiger partial charge in [-0.2, -0.15) is 0 Å². The van der Waals surface area contributed by atoms with Gasteiger partial charge in [-0.3, -0.25) is 4.79 Å². The van der Waals surface area contributed by atoms with E-state index in [0.29, 0.717) is 30.9 Å². The Morgan fingerprint density at radius 1 is 1.29 bits per heavy atom. The van der Waals surface area contributed by atoms with E-state index in [1.807, 2.05) is 13.8 Å². The number of carbonyl (C=O) groups is 2. The molecule has 2 rings (SSSR count). The molecule has 1 saturated heterocycles. The summed E-state index contributed by atoms with van der Waals surface area (Å²) >= 11 is 0. The second-order valence-corrected chi connectivity index (χ2v) is 6.13. The van der Waals surface area contributed by atoms with Crippen molar-refractivity contribution in [2.75, 3.05) is 13.2 Å². The van der Waals surface area contributed by atoms with Crippen LogP contribution in [0.25, 0.3) is 0 Å². The van der Waals surface area contributed by atoms with Gasteiger partial charge in [0.15, 0.2) is 0 Å². The Hall–Kier alpha value is -2.08. The minimum absolute atomic E-state index is 0.137. The number of carbonyl (C=O) groups excluding carboxylic acids is 1. The van der Waals surface area contributed by atoms with E-state index in [-0.39, 0.29) is 17.9 Å². The van der Waals surface area contributed by atoms with Gasteiger partial charge in [-0.1, -0.05) is 20.3 Å². The molecule has 0 spiro atoms. The monoisotopic (exact) mass is 335 g/mol. The highest BCUT2D eigenvalue weighted by Crippen LogP contribution is 2.19. The molecule has 0 aliphatic carbocycles. The summed E-state index contributed by atoms with van der Waals surface area (Å²) in [5.74, 6) is -0.838. The Morgan fingerprint density at radius 3 is 2.46 bits per heavy atom. The van der Waals surface area contributed by atoms with Crippen LogP contribution < -0.4 is 10.1 Å². The lowest BCUT2D eigenvalue weighted by Crippen LogP contribution is -2.45. The van der Waals surface area contributed by atoms with Crippen molar-refractivity contribution < 1.29 is 24.2 Å². The smallest absolute Gasteiger partial charge is 0.326 e. The molecule has 1 heterocycles. The van der Waals surface area contributed by atoms with Crippen molar-refractivity contribution in [2.45, 2.75) is 45.3 Å². The van der Waals surface area contributed by atoms with E-state index in [0.717, 1.165) is 12.8 Å². The summed E-state index contributed by atoms with van der Waals surface area (Å²) in [7, 11) is 0. The number of carboxylic acid groups (broad SMARTS) is 1. The maximum atomic E-state index is 12.2. The molecular weight excluding hydrogens is 310 g/mol. The Labute approximate surface area is 142 Å². The van der Waals surface area contributed by atoms with Crippen molar-refractivity contribution in [3.05, 3.63) is 29.8 Å². The SMILES string of the molecule is CC[C@H](C)[C@H](NC(=O)c1ccc(OC2CCOCC2)cc1)C(=O)O. The van der Waals surface area contributed by atoms with E-state index < -0.39 is 12.0 Å². The van der Waals surface area contributed by atoms with Gasteiger partial charge in [0.05, 0.1) is 13.2 Å². The lowest BCUT2D eigenvalue weighted by molar-refractivity contribution is -0.140. The zero-order valence-electron chi connectivity index (χ0n) is 14.2. The number of rotatable bonds is 7. The summed E-state index contributed by atoms with van der Waals surface area (Å²) in [6, 6.07) is 5.90. The molecule has 0 saturated carbocycles. The maximum absolute atomic E-state index is 12.2. The Balaban J connectivity index is 1.96. The Morgan fingerprint density at radius 2 is 1.92 bits per heavy atom. The Kier molecular flexibility index (Phi) is 6.61. The normalized spacial score (nSPS) is 17.8. The molecule has 2 N–H and O–H groups in total. The molecule has 1 aromatic rings. The van der Waals surface area contributed by atoms with Gasteiger partial charge >= 0.3 is 5.97 Å². The van der Waals surface area contributed by atoms with Gasteiger partial charge in [-0.05, 0) is 30.2 Å². The average molecular weight is 335 g/mol. The second-order valence-electron chi connectivity index (χ2n) is 6.13. The first-order valence-electron chi connectivity index (χ1n) is 8.39. The summed E-state index contributed by atoms with van der Waals surface area (Å²) in [6.45, 7) is 5.12. The van der Waals surface area contributed by atoms with Crippen LogP contribution in [-0.4, -0.2) is 42.3 Å². The van der Waals surface area contributed by atoms with Crippen molar-refractivity contribution in [3.8, 4) is 5.75 Å². The van der Waals surface area contributed by atoms with Crippen molar-refractivity contribution in [1.29, 1.82) is 0 Å². The van der Waals surface area contributed by atoms with Crippen LogP contribution in [0.1, 0.15) is 43.5 Å². The second kappa shape index (κ2) is 8.68. The van der Waals surface area contributed by atoms with Crippen LogP contribution in [-0.2, 0) is 9.53 Å². The van der Waals surface area contributed by atoms with Crippen LogP contribution in [0.3, 0.4) is 0 Å². The number of aliphatic carboxylic acids is 1. The van der Waals surface area contributed by atoms with Crippen LogP contribution in [0, 0.1) is 5.92 Å². The summed E-state index contributed by atoms with van der Waals surface area (Å²) < 4.78 is 11.2. The number of hydrogen-bond donors (Lipinski definition) is 2. The first-order chi connectivity index (χ1) is 11.5. The predicted octanol–water partition coefficient (Wildman–Crippen LogP) is 2.47. The van der Waals surface area contributed by atoms with Crippen LogP contribution in [0.15, 0.2) is 24.3 Å². The number of ether oxygens (including phenoxy) is 2. The highest BCUT2D eigenvalue weighted by Gasteiger charge is 2.25. The third-order valence-corrected chi connectivity index (χ3v) is 4.35. The molecular formula is C18H25NO5. The molecule has 6 heteroatoms. The first-order valence-corrected chi connectivity index (χ1v) is 8.39. The van der Waals surface area contributed by atoms with Gasteiger partial charge in [-0.25, -0.2) is 4.79 Å². The lowest BCUT2D eigenvalue weighted by Gasteiger charge is -2.23. The molecule has 1 aliphatic rings. The third-order valence-electron chi connectivity index (χ3n) is 4.35. The molecule has 0 radical (unpaired) electrons. The highest BCUT2D eigenvalue weighted by atomic mass is 16.5. The summed E-state index contributed by atoms with van der Waals surface area (Å²) in [6.07, 6.45) is 2.53. The van der Waals surface area contributed by atoms with Crippen LogP contribution >= 0.6 is 0 Å². The minimum Gasteiger partial charge on any atom is -0.490 e. The number of benzene rings is 1. The molecule has 0 bridgehead atoms. The highest BCUT2D eigenvalue weighted by molar-refractivity contribution is 5.96. The van der Waals surface area contributed by atoms with E-state index in [1.165, 1.54) is 0 Å². The molecule has 6 nitrogen and oxygen atoms in total. The van der Waals surface area contributed by atoms with Crippen molar-refractivity contribution >= 4 is 11.9 Å². The van der Waals surface area contributed by atoms with E-state index in [2.05, 4.69) is 5.32 Å². The summed E-state index contributed by atoms with van der Waals surface area (Å²) in [5.41, 5.74) is 0.420. The summed E-state index contributed by atoms with van der Waals surface area (Å²) in [5, 5.41) is 11.8. The van der Waals surface area contributed by atoms with Gasteiger partial charge < -0.3 is 19.9 Å². The van der Waals surface area contributed by atoms with Crippen molar-refractivity contribution in [3.63, 3.8) is 0 Å². The molecule has 132 valence electrons. The van der Waals surface area contributed by atoms with Crippen LogP contribution in [0.5, 0.6) is 5.75 Å². The topological polar surface area (TPSA) is 84.9 Å². The number of nitrogens with one attached hydrogen (secondary N) is 1. The van der Waals surface area contributed by atoms with E-state index >= 15 is 0 Å².